The van der Waals surface area contributed by atoms with Crippen LogP contribution >= 0.6 is 0 Å². The average Bonchev–Trinajstić information content (AvgIpc) is 3.24. The fourth-order valence-electron chi connectivity index (χ4n) is 3.90. The van der Waals surface area contributed by atoms with Crippen LogP contribution in [0.3, 0.4) is 0 Å². The Labute approximate surface area is 178 Å². The molecular weight excluding hydrogens is 364 g/mol. The molecule has 29 heavy (non-hydrogen) atoms. The molecule has 0 radical (unpaired) electrons. The summed E-state index contributed by atoms with van der Waals surface area (Å²) in [5.74, 6) is -0.411. The van der Waals surface area contributed by atoms with Gasteiger partial charge >= 0.3 is 11.9 Å². The highest BCUT2D eigenvalue weighted by atomic mass is 16.5. The molecule has 0 saturated heterocycles. The van der Waals surface area contributed by atoms with Crippen molar-refractivity contribution in [2.75, 3.05) is 13.2 Å². The Morgan fingerprint density at radius 1 is 0.690 bits per heavy atom. The fraction of sp³-hybridized carbons (Fsp3) is 0.840. The summed E-state index contributed by atoms with van der Waals surface area (Å²) in [5.41, 5.74) is 0. The summed E-state index contributed by atoms with van der Waals surface area (Å²) >= 11 is 0. The molecule has 4 heteroatoms. The largest absolute Gasteiger partial charge is 0.463 e. The average molecular weight is 409 g/mol. The second kappa shape index (κ2) is 18.7. The molecule has 1 aliphatic carbocycles. The maximum atomic E-state index is 11.6. The molecule has 0 unspecified atom stereocenters. The zero-order valence-electron chi connectivity index (χ0n) is 18.8. The number of carbonyl (C=O) groups is 2. The van der Waals surface area contributed by atoms with Crippen LogP contribution < -0.4 is 0 Å². The van der Waals surface area contributed by atoms with E-state index in [1.807, 2.05) is 0 Å². The monoisotopic (exact) mass is 408 g/mol. The van der Waals surface area contributed by atoms with Gasteiger partial charge < -0.3 is 9.47 Å². The maximum Gasteiger partial charge on any atom is 0.331 e. The first-order chi connectivity index (χ1) is 14.2. The van der Waals surface area contributed by atoms with Gasteiger partial charge in [0.25, 0.3) is 0 Å². The van der Waals surface area contributed by atoms with Gasteiger partial charge in [-0.3, -0.25) is 0 Å². The molecule has 0 aromatic heterocycles. The van der Waals surface area contributed by atoms with Gasteiger partial charge in [0.2, 0.25) is 0 Å². The third-order valence-corrected chi connectivity index (χ3v) is 5.78. The van der Waals surface area contributed by atoms with Gasteiger partial charge in [-0.15, -0.1) is 0 Å². The van der Waals surface area contributed by atoms with E-state index in [9.17, 15) is 9.59 Å². The molecule has 0 amide bonds. The number of rotatable bonds is 18. The lowest BCUT2D eigenvalue weighted by atomic mass is 10.0. The Kier molecular flexibility index (Phi) is 16.6. The van der Waals surface area contributed by atoms with Gasteiger partial charge in [0.05, 0.1) is 13.2 Å². The highest BCUT2D eigenvalue weighted by molar-refractivity contribution is 5.91. The van der Waals surface area contributed by atoms with E-state index in [0.717, 1.165) is 25.7 Å². The van der Waals surface area contributed by atoms with Crippen molar-refractivity contribution in [1.29, 1.82) is 0 Å². The van der Waals surface area contributed by atoms with Gasteiger partial charge in [-0.1, -0.05) is 96.8 Å². The number of esters is 2. The molecule has 0 aromatic carbocycles. The molecule has 168 valence electrons. The summed E-state index contributed by atoms with van der Waals surface area (Å²) in [6.45, 7) is 3.16. The van der Waals surface area contributed by atoms with Gasteiger partial charge in [-0.05, 0) is 25.2 Å². The number of ether oxygens (including phenoxy) is 2. The van der Waals surface area contributed by atoms with Gasteiger partial charge in [0.15, 0.2) is 0 Å². The second-order valence-electron chi connectivity index (χ2n) is 8.52. The van der Waals surface area contributed by atoms with E-state index in [4.69, 9.17) is 9.47 Å². The van der Waals surface area contributed by atoms with Gasteiger partial charge in [0.1, 0.15) is 0 Å². The Morgan fingerprint density at radius 3 is 1.66 bits per heavy atom. The second-order valence-corrected chi connectivity index (χ2v) is 8.52. The van der Waals surface area contributed by atoms with Gasteiger partial charge in [-0.25, -0.2) is 9.59 Å². The van der Waals surface area contributed by atoms with Crippen LogP contribution in [0.5, 0.6) is 0 Å². The predicted octanol–water partition coefficient (Wildman–Crippen LogP) is 6.91. The van der Waals surface area contributed by atoms with Crippen LogP contribution in [0.2, 0.25) is 0 Å². The van der Waals surface area contributed by atoms with Crippen molar-refractivity contribution >= 4 is 11.9 Å². The van der Waals surface area contributed by atoms with Crippen LogP contribution in [0.15, 0.2) is 12.2 Å². The first kappa shape index (κ1) is 25.7. The summed E-state index contributed by atoms with van der Waals surface area (Å²) in [6.07, 6.45) is 23.9. The SMILES string of the molecule is CCCCCCCCCCCCCCCOC(=O)/C=C/C(=O)OCC1CCCC1. The third-order valence-electron chi connectivity index (χ3n) is 5.78. The molecular formula is C25H44O4. The van der Waals surface area contributed by atoms with E-state index >= 15 is 0 Å². The number of unbranched alkanes of at least 4 members (excludes halogenated alkanes) is 12. The molecule has 0 heterocycles. The molecule has 0 spiro atoms. The molecule has 1 aliphatic rings. The van der Waals surface area contributed by atoms with Crippen molar-refractivity contribution in [2.24, 2.45) is 5.92 Å². The molecule has 0 aromatic rings. The molecule has 0 bridgehead atoms. The van der Waals surface area contributed by atoms with Crippen molar-refractivity contribution < 1.29 is 19.1 Å². The van der Waals surface area contributed by atoms with E-state index in [0.29, 0.717) is 19.1 Å². The Hall–Kier alpha value is -1.32. The summed E-state index contributed by atoms with van der Waals surface area (Å²) < 4.78 is 10.3. The van der Waals surface area contributed by atoms with Crippen LogP contribution in [-0.2, 0) is 19.1 Å². The number of carbonyl (C=O) groups excluding carboxylic acids is 2. The van der Waals surface area contributed by atoms with Gasteiger partial charge in [0, 0.05) is 12.2 Å². The molecule has 1 rings (SSSR count). The summed E-state index contributed by atoms with van der Waals surface area (Å²) in [4.78, 5) is 23.2. The van der Waals surface area contributed by atoms with Crippen LogP contribution in [-0.4, -0.2) is 25.2 Å². The summed E-state index contributed by atoms with van der Waals surface area (Å²) in [6, 6.07) is 0. The molecule has 0 atom stereocenters. The van der Waals surface area contributed by atoms with Crippen molar-refractivity contribution in [1.82, 2.24) is 0 Å². The molecule has 1 saturated carbocycles. The van der Waals surface area contributed by atoms with Crippen molar-refractivity contribution in [3.63, 3.8) is 0 Å². The Morgan fingerprint density at radius 2 is 1.14 bits per heavy atom. The highest BCUT2D eigenvalue weighted by Crippen LogP contribution is 2.24. The molecule has 0 N–H and O–H groups in total. The van der Waals surface area contributed by atoms with Crippen molar-refractivity contribution in [2.45, 2.75) is 116 Å². The van der Waals surface area contributed by atoms with Crippen LogP contribution in [0.25, 0.3) is 0 Å². The van der Waals surface area contributed by atoms with E-state index < -0.39 is 11.9 Å². The first-order valence-electron chi connectivity index (χ1n) is 12.2. The molecule has 4 nitrogen and oxygen atoms in total. The zero-order chi connectivity index (χ0) is 21.0. The fourth-order valence-corrected chi connectivity index (χ4v) is 3.90. The normalized spacial score (nSPS) is 14.5. The Balaban J connectivity index is 1.83. The number of hydrogen-bond donors (Lipinski definition) is 0. The Bertz CT molecular complexity index is 438. The minimum Gasteiger partial charge on any atom is -0.463 e. The lowest BCUT2D eigenvalue weighted by Crippen LogP contribution is -2.10. The smallest absolute Gasteiger partial charge is 0.331 e. The quantitative estimate of drug-likeness (QED) is 0.140. The lowest BCUT2D eigenvalue weighted by molar-refractivity contribution is -0.141. The van der Waals surface area contributed by atoms with E-state index in [1.54, 1.807) is 0 Å². The topological polar surface area (TPSA) is 52.6 Å². The zero-order valence-corrected chi connectivity index (χ0v) is 18.8. The molecule has 1 fully saturated rings. The summed E-state index contributed by atoms with van der Waals surface area (Å²) in [7, 11) is 0. The lowest BCUT2D eigenvalue weighted by Gasteiger charge is -2.07. The van der Waals surface area contributed by atoms with Crippen LogP contribution in [0.1, 0.15) is 116 Å². The van der Waals surface area contributed by atoms with Crippen LogP contribution in [0, 0.1) is 5.92 Å². The predicted molar refractivity (Wildman–Crippen MR) is 119 cm³/mol. The van der Waals surface area contributed by atoms with E-state index in [1.165, 1.54) is 95.6 Å². The number of hydrogen-bond acceptors (Lipinski definition) is 4. The summed E-state index contributed by atoms with van der Waals surface area (Å²) in [5, 5.41) is 0. The van der Waals surface area contributed by atoms with Crippen molar-refractivity contribution in [3.05, 3.63) is 12.2 Å². The minimum atomic E-state index is -0.457. The van der Waals surface area contributed by atoms with Gasteiger partial charge in [-0.2, -0.15) is 0 Å². The van der Waals surface area contributed by atoms with E-state index in [2.05, 4.69) is 6.92 Å². The standard InChI is InChI=1S/C25H44O4/c1-2-3-4-5-6-7-8-9-10-11-12-13-16-21-28-24(26)19-20-25(27)29-22-23-17-14-15-18-23/h19-20,23H,2-18,21-22H2,1H3/b20-19+. The minimum absolute atomic E-state index is 0.429. The highest BCUT2D eigenvalue weighted by Gasteiger charge is 2.16. The van der Waals surface area contributed by atoms with Crippen LogP contribution in [0.4, 0.5) is 0 Å². The van der Waals surface area contributed by atoms with E-state index in [-0.39, 0.29) is 0 Å². The third kappa shape index (κ3) is 16.2. The maximum absolute atomic E-state index is 11.6. The van der Waals surface area contributed by atoms with Crippen molar-refractivity contribution in [3.8, 4) is 0 Å². The first-order valence-corrected chi connectivity index (χ1v) is 12.2. The molecule has 0 aliphatic heterocycles.